The molecule has 4 rings (SSSR count). The van der Waals surface area contributed by atoms with Crippen LogP contribution in [-0.4, -0.2) is 38.9 Å². The fourth-order valence-corrected chi connectivity index (χ4v) is 4.24. The lowest BCUT2D eigenvalue weighted by atomic mass is 10.3. The number of benzene rings is 1. The number of sulfonamides is 1. The molecule has 0 aliphatic heterocycles. The van der Waals surface area contributed by atoms with Gasteiger partial charge in [0.1, 0.15) is 6.67 Å². The van der Waals surface area contributed by atoms with Crippen molar-refractivity contribution >= 4 is 38.1 Å². The molecule has 3 aromatic heterocycles. The molecule has 0 spiro atoms. The lowest BCUT2D eigenvalue weighted by Gasteiger charge is -2.07. The van der Waals surface area contributed by atoms with Crippen LogP contribution < -0.4 is 10.0 Å². The Balaban J connectivity index is 1.41. The highest BCUT2D eigenvalue weighted by atomic mass is 32.2. The average molecular weight is 429 g/mol. The first-order valence-electron chi connectivity index (χ1n) is 8.34. The third-order valence-corrected chi connectivity index (χ3v) is 5.97. The topological polar surface area (TPSA) is 124 Å². The molecule has 2 N–H and O–H groups in total. The molecule has 3 heterocycles. The van der Waals surface area contributed by atoms with Crippen LogP contribution in [0.4, 0.5) is 10.8 Å². The van der Waals surface area contributed by atoms with Crippen LogP contribution in [0.1, 0.15) is 10.5 Å². The van der Waals surface area contributed by atoms with Gasteiger partial charge >= 0.3 is 0 Å². The quantitative estimate of drug-likeness (QED) is 0.464. The molecule has 10 nitrogen and oxygen atoms in total. The molecular weight excluding hydrogens is 414 g/mol. The molecule has 0 saturated carbocycles. The Kier molecular flexibility index (Phi) is 5.10. The van der Waals surface area contributed by atoms with Gasteiger partial charge in [0.05, 0.1) is 4.90 Å². The van der Waals surface area contributed by atoms with Gasteiger partial charge in [0.2, 0.25) is 0 Å². The Morgan fingerprint density at radius 2 is 1.90 bits per heavy atom. The summed E-state index contributed by atoms with van der Waals surface area (Å²) in [7, 11) is -3.74. The van der Waals surface area contributed by atoms with E-state index < -0.39 is 15.9 Å². The molecule has 4 aromatic rings. The van der Waals surface area contributed by atoms with Crippen LogP contribution in [-0.2, 0) is 16.7 Å². The lowest BCUT2D eigenvalue weighted by molar-refractivity contribution is 0.102. The van der Waals surface area contributed by atoms with Crippen LogP contribution >= 0.6 is 11.3 Å². The number of thiazole rings is 1. The van der Waals surface area contributed by atoms with Gasteiger partial charge in [-0.1, -0.05) is 0 Å². The van der Waals surface area contributed by atoms with Crippen molar-refractivity contribution in [3.05, 3.63) is 72.3 Å². The number of carbonyl (C=O) groups excluding carboxylic acids is 1. The van der Waals surface area contributed by atoms with E-state index in [0.717, 1.165) is 0 Å². The molecule has 148 valence electrons. The first-order valence-corrected chi connectivity index (χ1v) is 10.7. The summed E-state index contributed by atoms with van der Waals surface area (Å²) >= 11 is 1.18. The van der Waals surface area contributed by atoms with Crippen LogP contribution in [0.25, 0.3) is 0 Å². The summed E-state index contributed by atoms with van der Waals surface area (Å²) in [5.74, 6) is -0.402. The molecule has 1 aromatic carbocycles. The SMILES string of the molecule is O=C(Nc1ccc(S(=O)(=O)Nc2nccs2)cc1)c1ccn(Cn2cccn2)n1. The van der Waals surface area contributed by atoms with E-state index in [2.05, 4.69) is 25.2 Å². The number of hydrogen-bond acceptors (Lipinski definition) is 7. The summed E-state index contributed by atoms with van der Waals surface area (Å²) in [5, 5.41) is 12.9. The Bertz CT molecular complexity index is 1200. The van der Waals surface area contributed by atoms with E-state index in [0.29, 0.717) is 12.4 Å². The van der Waals surface area contributed by atoms with Crippen molar-refractivity contribution in [1.29, 1.82) is 0 Å². The van der Waals surface area contributed by atoms with Crippen molar-refractivity contribution in [2.75, 3.05) is 10.0 Å². The molecule has 0 fully saturated rings. The number of carbonyl (C=O) groups is 1. The fraction of sp³-hybridized carbons (Fsp3) is 0.0588. The van der Waals surface area contributed by atoms with Crippen LogP contribution in [0.5, 0.6) is 0 Å². The van der Waals surface area contributed by atoms with E-state index in [1.54, 1.807) is 45.5 Å². The van der Waals surface area contributed by atoms with E-state index in [9.17, 15) is 13.2 Å². The summed E-state index contributed by atoms with van der Waals surface area (Å²) in [6.45, 7) is 0.388. The second kappa shape index (κ2) is 7.85. The maximum absolute atomic E-state index is 12.4. The molecule has 1 amide bonds. The summed E-state index contributed by atoms with van der Waals surface area (Å²) < 4.78 is 30.3. The number of rotatable bonds is 7. The van der Waals surface area contributed by atoms with Crippen LogP contribution in [0.2, 0.25) is 0 Å². The van der Waals surface area contributed by atoms with E-state index in [1.165, 1.54) is 41.8 Å². The summed E-state index contributed by atoms with van der Waals surface area (Å²) in [6, 6.07) is 9.22. The van der Waals surface area contributed by atoms with Gasteiger partial charge in [-0.15, -0.1) is 11.3 Å². The molecule has 0 unspecified atom stereocenters. The minimum absolute atomic E-state index is 0.0641. The third kappa shape index (κ3) is 4.50. The smallest absolute Gasteiger partial charge is 0.276 e. The van der Waals surface area contributed by atoms with Crippen LogP contribution in [0.3, 0.4) is 0 Å². The van der Waals surface area contributed by atoms with E-state index >= 15 is 0 Å². The largest absolute Gasteiger partial charge is 0.321 e. The molecule has 0 bridgehead atoms. The van der Waals surface area contributed by atoms with Gasteiger partial charge in [0.25, 0.3) is 15.9 Å². The van der Waals surface area contributed by atoms with Crippen molar-refractivity contribution in [1.82, 2.24) is 24.5 Å². The molecule has 0 atom stereocenters. The number of aromatic nitrogens is 5. The fourth-order valence-electron chi connectivity index (χ4n) is 2.45. The number of anilines is 2. The van der Waals surface area contributed by atoms with Gasteiger partial charge in [-0.2, -0.15) is 10.2 Å². The van der Waals surface area contributed by atoms with Crippen molar-refractivity contribution in [3.8, 4) is 0 Å². The first-order chi connectivity index (χ1) is 14.0. The molecule has 0 saturated heterocycles. The monoisotopic (exact) mass is 429 g/mol. The lowest BCUT2D eigenvalue weighted by Crippen LogP contribution is -2.15. The normalized spacial score (nSPS) is 11.3. The van der Waals surface area contributed by atoms with Gasteiger partial charge in [-0.05, 0) is 36.4 Å². The predicted molar refractivity (Wildman–Crippen MR) is 107 cm³/mol. The van der Waals surface area contributed by atoms with Gasteiger partial charge in [0, 0.05) is 35.9 Å². The number of hydrogen-bond donors (Lipinski definition) is 2. The zero-order chi connectivity index (χ0) is 20.3. The summed E-state index contributed by atoms with van der Waals surface area (Å²) in [4.78, 5) is 16.3. The highest BCUT2D eigenvalue weighted by molar-refractivity contribution is 7.93. The van der Waals surface area contributed by atoms with E-state index in [-0.39, 0.29) is 15.7 Å². The second-order valence-electron chi connectivity index (χ2n) is 5.85. The van der Waals surface area contributed by atoms with Crippen LogP contribution in [0, 0.1) is 0 Å². The molecule has 0 aliphatic carbocycles. The minimum Gasteiger partial charge on any atom is -0.321 e. The van der Waals surface area contributed by atoms with Crippen molar-refractivity contribution in [2.24, 2.45) is 0 Å². The third-order valence-electron chi connectivity index (χ3n) is 3.80. The van der Waals surface area contributed by atoms with Crippen molar-refractivity contribution < 1.29 is 13.2 Å². The number of nitrogens with zero attached hydrogens (tertiary/aromatic N) is 5. The average Bonchev–Trinajstić information content (AvgIpc) is 3.45. The molecule has 29 heavy (non-hydrogen) atoms. The molecule has 0 radical (unpaired) electrons. The minimum atomic E-state index is -3.74. The van der Waals surface area contributed by atoms with Gasteiger partial charge < -0.3 is 5.32 Å². The molecule has 12 heteroatoms. The Morgan fingerprint density at radius 3 is 2.59 bits per heavy atom. The summed E-state index contributed by atoms with van der Waals surface area (Å²) in [6.07, 6.45) is 6.64. The Morgan fingerprint density at radius 1 is 1.07 bits per heavy atom. The van der Waals surface area contributed by atoms with E-state index in [4.69, 9.17) is 0 Å². The Labute approximate surface area is 169 Å². The maximum atomic E-state index is 12.4. The van der Waals surface area contributed by atoms with E-state index in [1.807, 2.05) is 0 Å². The van der Waals surface area contributed by atoms with Gasteiger partial charge in [-0.25, -0.2) is 13.4 Å². The Hall–Kier alpha value is -3.51. The van der Waals surface area contributed by atoms with Crippen molar-refractivity contribution in [3.63, 3.8) is 0 Å². The zero-order valence-corrected chi connectivity index (χ0v) is 16.5. The van der Waals surface area contributed by atoms with Crippen molar-refractivity contribution in [2.45, 2.75) is 11.6 Å². The second-order valence-corrected chi connectivity index (χ2v) is 8.43. The summed E-state index contributed by atoms with van der Waals surface area (Å²) in [5.41, 5.74) is 0.684. The maximum Gasteiger partial charge on any atom is 0.276 e. The first kappa shape index (κ1) is 18.8. The van der Waals surface area contributed by atoms with Crippen LogP contribution in [0.15, 0.2) is 71.5 Å². The highest BCUT2D eigenvalue weighted by Crippen LogP contribution is 2.19. The number of nitrogens with one attached hydrogen (secondary N) is 2. The predicted octanol–water partition coefficient (Wildman–Crippen LogP) is 2.09. The molecular formula is C17H15N7O3S2. The zero-order valence-electron chi connectivity index (χ0n) is 14.8. The highest BCUT2D eigenvalue weighted by Gasteiger charge is 2.16. The molecule has 0 aliphatic rings. The van der Waals surface area contributed by atoms with Gasteiger partial charge in [0.15, 0.2) is 10.8 Å². The van der Waals surface area contributed by atoms with Gasteiger partial charge in [-0.3, -0.25) is 18.9 Å². The standard InChI is InChI=1S/C17H15N7O3S2/c25-16(15-6-10-24(21-15)12-23-9-1-7-19-23)20-13-2-4-14(5-3-13)29(26,27)22-17-18-8-11-28-17/h1-11H,12H2,(H,18,22)(H,20,25). The number of amides is 1.